The summed E-state index contributed by atoms with van der Waals surface area (Å²) in [5.41, 5.74) is 2.40. The molecule has 3 rings (SSSR count). The van der Waals surface area contributed by atoms with Crippen LogP contribution in [0.2, 0.25) is 0 Å². The van der Waals surface area contributed by atoms with Crippen LogP contribution in [0.1, 0.15) is 16.1 Å². The molecule has 0 bridgehead atoms. The maximum Gasteiger partial charge on any atom is 0.183 e. The van der Waals surface area contributed by atoms with Gasteiger partial charge in [0.05, 0.1) is 5.69 Å². The Morgan fingerprint density at radius 2 is 1.84 bits per heavy atom. The zero-order valence-electron chi connectivity index (χ0n) is 11.1. The van der Waals surface area contributed by atoms with Crippen molar-refractivity contribution in [3.05, 3.63) is 58.6 Å². The maximum absolute atomic E-state index is 4.50. The van der Waals surface area contributed by atoms with Gasteiger partial charge in [-0.1, -0.05) is 36.4 Å². The lowest BCUT2D eigenvalue weighted by atomic mass is 10.1. The summed E-state index contributed by atoms with van der Waals surface area (Å²) in [4.78, 5) is 5.77. The number of rotatable bonds is 3. The van der Waals surface area contributed by atoms with Gasteiger partial charge in [0.2, 0.25) is 0 Å². The summed E-state index contributed by atoms with van der Waals surface area (Å²) in [6.45, 7) is 4.97. The molecular weight excluding hydrogens is 252 g/mol. The fourth-order valence-electron chi connectivity index (χ4n) is 2.07. The minimum atomic E-state index is 0.817. The van der Waals surface area contributed by atoms with Crippen LogP contribution in [0.4, 0.5) is 5.13 Å². The highest BCUT2D eigenvalue weighted by Gasteiger charge is 2.03. The lowest BCUT2D eigenvalue weighted by Crippen LogP contribution is -1.98. The largest absolute Gasteiger partial charge is 0.357 e. The first-order chi connectivity index (χ1) is 9.22. The number of benzene rings is 2. The van der Waals surface area contributed by atoms with Gasteiger partial charge in [-0.25, -0.2) is 4.98 Å². The van der Waals surface area contributed by atoms with Gasteiger partial charge in [0.25, 0.3) is 0 Å². The van der Waals surface area contributed by atoms with Gasteiger partial charge in [0.15, 0.2) is 5.13 Å². The van der Waals surface area contributed by atoms with Gasteiger partial charge in [-0.15, -0.1) is 11.3 Å². The molecule has 19 heavy (non-hydrogen) atoms. The molecule has 0 saturated carbocycles. The quantitative estimate of drug-likeness (QED) is 0.755. The molecule has 0 aliphatic carbocycles. The Morgan fingerprint density at radius 1 is 1.05 bits per heavy atom. The number of thiazole rings is 1. The molecular formula is C16H16N2S. The van der Waals surface area contributed by atoms with E-state index in [-0.39, 0.29) is 0 Å². The Hall–Kier alpha value is -1.87. The van der Waals surface area contributed by atoms with Gasteiger partial charge >= 0.3 is 0 Å². The Bertz CT molecular complexity index is 696. The van der Waals surface area contributed by atoms with E-state index in [0.717, 1.165) is 17.4 Å². The van der Waals surface area contributed by atoms with Crippen LogP contribution >= 0.6 is 11.3 Å². The molecule has 1 aromatic heterocycles. The van der Waals surface area contributed by atoms with Gasteiger partial charge in [-0.3, -0.25) is 0 Å². The molecule has 0 aliphatic heterocycles. The number of hydrogen-bond acceptors (Lipinski definition) is 3. The van der Waals surface area contributed by atoms with Crippen molar-refractivity contribution in [2.45, 2.75) is 20.4 Å². The molecule has 0 atom stereocenters. The Morgan fingerprint density at radius 3 is 2.58 bits per heavy atom. The van der Waals surface area contributed by atoms with E-state index in [1.54, 1.807) is 11.3 Å². The fraction of sp³-hybridized carbons (Fsp3) is 0.188. The maximum atomic E-state index is 4.50. The predicted molar refractivity (Wildman–Crippen MR) is 82.9 cm³/mol. The van der Waals surface area contributed by atoms with Crippen LogP contribution in [-0.2, 0) is 6.54 Å². The van der Waals surface area contributed by atoms with Crippen LogP contribution < -0.4 is 5.32 Å². The lowest BCUT2D eigenvalue weighted by molar-refractivity contribution is 1.12. The third-order valence-corrected chi connectivity index (χ3v) is 4.32. The van der Waals surface area contributed by atoms with Crippen LogP contribution in [0.5, 0.6) is 0 Å². The highest BCUT2D eigenvalue weighted by Crippen LogP contribution is 2.22. The van der Waals surface area contributed by atoms with E-state index in [9.17, 15) is 0 Å². The van der Waals surface area contributed by atoms with E-state index in [2.05, 4.69) is 59.7 Å². The highest BCUT2D eigenvalue weighted by molar-refractivity contribution is 7.15. The summed E-state index contributed by atoms with van der Waals surface area (Å²) in [5, 5.41) is 6.97. The Labute approximate surface area is 117 Å². The molecule has 1 heterocycles. The summed E-state index contributed by atoms with van der Waals surface area (Å²) in [6, 6.07) is 15.0. The molecule has 0 radical (unpaired) electrons. The van der Waals surface area contributed by atoms with Crippen molar-refractivity contribution >= 4 is 27.2 Å². The molecule has 2 aromatic carbocycles. The standard InChI is InChI=1S/C16H16N2S/c1-11-12(2)19-16(18-11)17-10-13-7-8-14-5-3-4-6-15(14)9-13/h3-9H,10H2,1-2H3,(H,17,18). The number of nitrogens with zero attached hydrogens (tertiary/aromatic N) is 1. The second kappa shape index (κ2) is 5.02. The van der Waals surface area contributed by atoms with Crippen molar-refractivity contribution in [2.75, 3.05) is 5.32 Å². The lowest BCUT2D eigenvalue weighted by Gasteiger charge is -2.04. The van der Waals surface area contributed by atoms with Crippen molar-refractivity contribution < 1.29 is 0 Å². The molecule has 3 heteroatoms. The monoisotopic (exact) mass is 268 g/mol. The van der Waals surface area contributed by atoms with Gasteiger partial charge in [-0.2, -0.15) is 0 Å². The van der Waals surface area contributed by atoms with Crippen LogP contribution in [0, 0.1) is 13.8 Å². The highest BCUT2D eigenvalue weighted by atomic mass is 32.1. The minimum Gasteiger partial charge on any atom is -0.357 e. The van der Waals surface area contributed by atoms with Crippen molar-refractivity contribution in [3.63, 3.8) is 0 Å². The molecule has 96 valence electrons. The van der Waals surface area contributed by atoms with Gasteiger partial charge in [0, 0.05) is 11.4 Å². The molecule has 0 unspecified atom stereocenters. The first-order valence-corrected chi connectivity index (χ1v) is 7.19. The van der Waals surface area contributed by atoms with E-state index in [4.69, 9.17) is 0 Å². The number of hydrogen-bond donors (Lipinski definition) is 1. The Kier molecular flexibility index (Phi) is 3.22. The molecule has 0 saturated heterocycles. The summed E-state index contributed by atoms with van der Waals surface area (Å²) < 4.78 is 0. The zero-order valence-corrected chi connectivity index (χ0v) is 11.9. The smallest absolute Gasteiger partial charge is 0.183 e. The third kappa shape index (κ3) is 2.61. The first-order valence-electron chi connectivity index (χ1n) is 6.38. The Balaban J connectivity index is 1.78. The van der Waals surface area contributed by atoms with Crippen LogP contribution in [-0.4, -0.2) is 4.98 Å². The molecule has 0 fully saturated rings. The molecule has 3 aromatic rings. The van der Waals surface area contributed by atoms with Crippen LogP contribution in [0.3, 0.4) is 0 Å². The summed E-state index contributed by atoms with van der Waals surface area (Å²) in [5.74, 6) is 0. The fourth-order valence-corrected chi connectivity index (χ4v) is 2.89. The van der Waals surface area contributed by atoms with E-state index in [1.807, 2.05) is 6.92 Å². The summed E-state index contributed by atoms with van der Waals surface area (Å²) in [7, 11) is 0. The van der Waals surface area contributed by atoms with Gasteiger partial charge in [-0.05, 0) is 36.2 Å². The van der Waals surface area contributed by atoms with E-state index < -0.39 is 0 Å². The average Bonchev–Trinajstić information content (AvgIpc) is 2.75. The van der Waals surface area contributed by atoms with E-state index in [1.165, 1.54) is 21.2 Å². The number of nitrogens with one attached hydrogen (secondary N) is 1. The summed E-state index contributed by atoms with van der Waals surface area (Å²) >= 11 is 1.72. The number of aryl methyl sites for hydroxylation is 2. The SMILES string of the molecule is Cc1nc(NCc2ccc3ccccc3c2)sc1C. The third-order valence-electron chi connectivity index (χ3n) is 3.29. The van der Waals surface area contributed by atoms with Crippen LogP contribution in [0.15, 0.2) is 42.5 Å². The molecule has 2 nitrogen and oxygen atoms in total. The van der Waals surface area contributed by atoms with Gasteiger partial charge < -0.3 is 5.32 Å². The normalized spacial score (nSPS) is 10.8. The first kappa shape index (κ1) is 12.2. The van der Waals surface area contributed by atoms with Crippen molar-refractivity contribution in [1.29, 1.82) is 0 Å². The molecule has 0 spiro atoms. The second-order valence-corrected chi connectivity index (χ2v) is 5.90. The van der Waals surface area contributed by atoms with Crippen molar-refractivity contribution in [3.8, 4) is 0 Å². The van der Waals surface area contributed by atoms with Crippen LogP contribution in [0.25, 0.3) is 10.8 Å². The molecule has 0 amide bonds. The molecule has 1 N–H and O–H groups in total. The minimum absolute atomic E-state index is 0.817. The predicted octanol–water partition coefficient (Wildman–Crippen LogP) is 4.53. The summed E-state index contributed by atoms with van der Waals surface area (Å²) in [6.07, 6.45) is 0. The van der Waals surface area contributed by atoms with E-state index in [0.29, 0.717) is 0 Å². The topological polar surface area (TPSA) is 24.9 Å². The molecule has 0 aliphatic rings. The number of fused-ring (bicyclic) bond motifs is 1. The number of aromatic nitrogens is 1. The zero-order chi connectivity index (χ0) is 13.2. The average molecular weight is 268 g/mol. The van der Waals surface area contributed by atoms with Gasteiger partial charge in [0.1, 0.15) is 0 Å². The van der Waals surface area contributed by atoms with Crippen molar-refractivity contribution in [2.24, 2.45) is 0 Å². The number of anilines is 1. The van der Waals surface area contributed by atoms with E-state index >= 15 is 0 Å². The van der Waals surface area contributed by atoms with Crippen molar-refractivity contribution in [1.82, 2.24) is 4.98 Å². The second-order valence-electron chi connectivity index (χ2n) is 4.70.